The topological polar surface area (TPSA) is 62.5 Å². The third-order valence-corrected chi connectivity index (χ3v) is 2.63. The van der Waals surface area contributed by atoms with Crippen molar-refractivity contribution in [1.29, 1.82) is 0 Å². The van der Waals surface area contributed by atoms with Crippen molar-refractivity contribution >= 4 is 11.6 Å². The molecule has 20 heavy (non-hydrogen) atoms. The first-order valence-corrected chi connectivity index (χ1v) is 5.86. The van der Waals surface area contributed by atoms with Gasteiger partial charge in [-0.25, -0.2) is 4.39 Å². The van der Waals surface area contributed by atoms with Crippen molar-refractivity contribution in [2.24, 2.45) is 0 Å². The molecule has 0 atom stereocenters. The third kappa shape index (κ3) is 3.05. The Bertz CT molecular complexity index is 695. The third-order valence-electron chi connectivity index (χ3n) is 2.63. The quantitative estimate of drug-likeness (QED) is 0.825. The number of carbonyl (C=O) groups is 1. The van der Waals surface area contributed by atoms with Gasteiger partial charge < -0.3 is 14.8 Å². The highest BCUT2D eigenvalue weighted by molar-refractivity contribution is 6.04. The Morgan fingerprint density at radius 2 is 2.25 bits per heavy atom. The fourth-order valence-corrected chi connectivity index (χ4v) is 1.65. The summed E-state index contributed by atoms with van der Waals surface area (Å²) in [5.41, 5.74) is 0.883. The highest BCUT2D eigenvalue weighted by Crippen LogP contribution is 2.16. The van der Waals surface area contributed by atoms with Crippen molar-refractivity contribution in [3.63, 3.8) is 0 Å². The molecule has 2 N–H and O–H groups in total. The Labute approximate surface area is 115 Å². The lowest BCUT2D eigenvalue weighted by Crippen LogP contribution is -2.12. The molecule has 0 aliphatic carbocycles. The standard InChI is InChI=1S/C15H12FNO3/c1-10-13(6-8-20-10)15(19)17-12-5-4-11(3-2-7-18)14(16)9-12/h4-6,8-9,18H,7H2,1H3,(H,17,19). The van der Waals surface area contributed by atoms with Crippen LogP contribution in [0.15, 0.2) is 34.9 Å². The summed E-state index contributed by atoms with van der Waals surface area (Å²) in [6.07, 6.45) is 1.42. The Hall–Kier alpha value is -2.58. The van der Waals surface area contributed by atoms with E-state index in [1.807, 2.05) is 0 Å². The van der Waals surface area contributed by atoms with Gasteiger partial charge in [-0.1, -0.05) is 11.8 Å². The van der Waals surface area contributed by atoms with Gasteiger partial charge in [-0.05, 0) is 31.2 Å². The Kier molecular flexibility index (Phi) is 4.18. The van der Waals surface area contributed by atoms with Crippen LogP contribution in [0.2, 0.25) is 0 Å². The number of amides is 1. The van der Waals surface area contributed by atoms with E-state index in [2.05, 4.69) is 17.2 Å². The molecule has 1 amide bonds. The van der Waals surface area contributed by atoms with Crippen LogP contribution >= 0.6 is 0 Å². The first-order valence-electron chi connectivity index (χ1n) is 5.86. The molecular formula is C15H12FNO3. The van der Waals surface area contributed by atoms with E-state index >= 15 is 0 Å². The second kappa shape index (κ2) is 6.04. The van der Waals surface area contributed by atoms with Gasteiger partial charge in [-0.2, -0.15) is 0 Å². The molecule has 0 unspecified atom stereocenters. The Balaban J connectivity index is 2.17. The molecule has 4 nitrogen and oxygen atoms in total. The average molecular weight is 273 g/mol. The minimum absolute atomic E-state index is 0.163. The first kappa shape index (κ1) is 13.8. The summed E-state index contributed by atoms with van der Waals surface area (Å²) < 4.78 is 18.7. The Morgan fingerprint density at radius 3 is 2.85 bits per heavy atom. The fourth-order valence-electron chi connectivity index (χ4n) is 1.65. The number of anilines is 1. The molecule has 0 bridgehead atoms. The van der Waals surface area contributed by atoms with E-state index in [1.54, 1.807) is 13.0 Å². The lowest BCUT2D eigenvalue weighted by Gasteiger charge is -2.05. The predicted molar refractivity (Wildman–Crippen MR) is 71.8 cm³/mol. The summed E-state index contributed by atoms with van der Waals surface area (Å²) in [5.74, 6) is 4.40. The van der Waals surface area contributed by atoms with E-state index in [4.69, 9.17) is 9.52 Å². The maximum absolute atomic E-state index is 13.7. The fraction of sp³-hybridized carbons (Fsp3) is 0.133. The first-order chi connectivity index (χ1) is 9.61. The Morgan fingerprint density at radius 1 is 1.45 bits per heavy atom. The summed E-state index contributed by atoms with van der Waals surface area (Å²) in [6, 6.07) is 5.70. The molecule has 0 spiro atoms. The van der Waals surface area contributed by atoms with Crippen molar-refractivity contribution in [2.75, 3.05) is 11.9 Å². The van der Waals surface area contributed by atoms with Gasteiger partial charge in [0.25, 0.3) is 5.91 Å². The summed E-state index contributed by atoms with van der Waals surface area (Å²) >= 11 is 0. The van der Waals surface area contributed by atoms with Crippen LogP contribution in [0.1, 0.15) is 21.7 Å². The smallest absolute Gasteiger partial charge is 0.259 e. The predicted octanol–water partition coefficient (Wildman–Crippen LogP) is 2.32. The number of hydrogen-bond donors (Lipinski definition) is 2. The number of nitrogens with one attached hydrogen (secondary N) is 1. The van der Waals surface area contributed by atoms with Crippen molar-refractivity contribution in [3.05, 3.63) is 53.2 Å². The minimum Gasteiger partial charge on any atom is -0.469 e. The van der Waals surface area contributed by atoms with Gasteiger partial charge in [0.15, 0.2) is 0 Å². The zero-order valence-corrected chi connectivity index (χ0v) is 10.7. The van der Waals surface area contributed by atoms with Gasteiger partial charge in [0.05, 0.1) is 17.4 Å². The summed E-state index contributed by atoms with van der Waals surface area (Å²) in [6.45, 7) is 1.33. The monoisotopic (exact) mass is 273 g/mol. The molecule has 1 aromatic carbocycles. The van der Waals surface area contributed by atoms with Gasteiger partial charge in [0.2, 0.25) is 0 Å². The molecule has 0 saturated carbocycles. The number of hydrogen-bond acceptors (Lipinski definition) is 3. The van der Waals surface area contributed by atoms with E-state index in [9.17, 15) is 9.18 Å². The molecule has 0 saturated heterocycles. The van der Waals surface area contributed by atoms with Crippen molar-refractivity contribution in [1.82, 2.24) is 0 Å². The number of aliphatic hydroxyl groups excluding tert-OH is 1. The van der Waals surface area contributed by atoms with Crippen molar-refractivity contribution < 1.29 is 18.7 Å². The molecule has 0 aliphatic heterocycles. The van der Waals surface area contributed by atoms with E-state index < -0.39 is 5.82 Å². The lowest BCUT2D eigenvalue weighted by molar-refractivity contribution is 0.102. The largest absolute Gasteiger partial charge is 0.469 e. The van der Waals surface area contributed by atoms with Crippen molar-refractivity contribution in [2.45, 2.75) is 6.92 Å². The highest BCUT2D eigenvalue weighted by atomic mass is 19.1. The molecule has 102 valence electrons. The molecule has 2 rings (SSSR count). The van der Waals surface area contributed by atoms with Gasteiger partial charge >= 0.3 is 0 Å². The minimum atomic E-state index is -0.562. The van der Waals surface area contributed by atoms with Crippen LogP contribution in [0.3, 0.4) is 0 Å². The number of halogens is 1. The van der Waals surface area contributed by atoms with Gasteiger partial charge in [-0.15, -0.1) is 0 Å². The highest BCUT2D eigenvalue weighted by Gasteiger charge is 2.12. The molecule has 2 aromatic rings. The van der Waals surface area contributed by atoms with Crippen LogP contribution in [0.25, 0.3) is 0 Å². The van der Waals surface area contributed by atoms with Crippen molar-refractivity contribution in [3.8, 4) is 11.8 Å². The number of aliphatic hydroxyl groups is 1. The molecular weight excluding hydrogens is 261 g/mol. The van der Waals surface area contributed by atoms with Crippen LogP contribution in [0, 0.1) is 24.6 Å². The molecule has 0 fully saturated rings. The second-order valence-electron chi connectivity index (χ2n) is 4.00. The molecule has 1 aromatic heterocycles. The maximum Gasteiger partial charge on any atom is 0.259 e. The number of rotatable bonds is 2. The molecule has 0 radical (unpaired) electrons. The summed E-state index contributed by atoms with van der Waals surface area (Å²) in [7, 11) is 0. The van der Waals surface area contributed by atoms with Crippen LogP contribution in [0.5, 0.6) is 0 Å². The van der Waals surface area contributed by atoms with Gasteiger partial charge in [0.1, 0.15) is 18.2 Å². The van der Waals surface area contributed by atoms with E-state index in [1.165, 1.54) is 24.5 Å². The number of carbonyl (C=O) groups excluding carboxylic acids is 1. The zero-order chi connectivity index (χ0) is 14.5. The number of furan rings is 1. The van der Waals surface area contributed by atoms with E-state index in [-0.39, 0.29) is 18.1 Å². The maximum atomic E-state index is 13.7. The zero-order valence-electron chi connectivity index (χ0n) is 10.7. The molecule has 0 aliphatic rings. The van der Waals surface area contributed by atoms with Gasteiger partial charge in [0, 0.05) is 5.69 Å². The summed E-state index contributed by atoms with van der Waals surface area (Å²) in [4.78, 5) is 11.9. The second-order valence-corrected chi connectivity index (χ2v) is 4.00. The number of benzene rings is 1. The van der Waals surface area contributed by atoms with Crippen LogP contribution in [-0.2, 0) is 0 Å². The van der Waals surface area contributed by atoms with Crippen LogP contribution in [-0.4, -0.2) is 17.6 Å². The average Bonchev–Trinajstić information content (AvgIpc) is 2.84. The SMILES string of the molecule is Cc1occc1C(=O)Nc1ccc(C#CCO)c(F)c1. The lowest BCUT2D eigenvalue weighted by atomic mass is 10.2. The number of aryl methyl sites for hydroxylation is 1. The van der Waals surface area contributed by atoms with E-state index in [0.29, 0.717) is 17.0 Å². The summed E-state index contributed by atoms with van der Waals surface area (Å²) in [5, 5.41) is 11.1. The molecule has 1 heterocycles. The normalized spacial score (nSPS) is 9.75. The van der Waals surface area contributed by atoms with E-state index in [0.717, 1.165) is 0 Å². The van der Waals surface area contributed by atoms with Gasteiger partial charge in [-0.3, -0.25) is 4.79 Å². The molecule has 5 heteroatoms. The van der Waals surface area contributed by atoms with Crippen LogP contribution in [0.4, 0.5) is 10.1 Å². The van der Waals surface area contributed by atoms with Crippen LogP contribution < -0.4 is 5.32 Å².